The molecule has 3 N–H and O–H groups in total. The minimum Gasteiger partial charge on any atom is -0.444 e. The molecule has 3 rings (SSSR count). The fraction of sp³-hybridized carbons (Fsp3) is 0.727. The predicted molar refractivity (Wildman–Crippen MR) is 116 cm³/mol. The maximum absolute atomic E-state index is 13.1. The number of hydrogen-bond donors (Lipinski definition) is 3. The highest BCUT2D eigenvalue weighted by molar-refractivity contribution is 5.93. The molecule has 0 spiro atoms. The van der Waals surface area contributed by atoms with Gasteiger partial charge in [-0.15, -0.1) is 0 Å². The summed E-state index contributed by atoms with van der Waals surface area (Å²) in [4.78, 5) is 37.3. The number of anilines is 1. The molecule has 1 heterocycles. The van der Waals surface area contributed by atoms with Crippen molar-refractivity contribution >= 4 is 23.6 Å². The molecule has 0 bridgehead atoms. The number of amides is 3. The van der Waals surface area contributed by atoms with Crippen LogP contribution < -0.4 is 16.0 Å². The SMILES string of the molecule is CC(C)(C)OC(=O)N[C@@H]1CCCCCC[C@H]1C(=O)Nc1cnn(CC(=O)NC2CC2)c1. The maximum atomic E-state index is 13.1. The summed E-state index contributed by atoms with van der Waals surface area (Å²) in [5.41, 5.74) is -0.0496. The average Bonchev–Trinajstić information content (AvgIpc) is 3.33. The Morgan fingerprint density at radius 1 is 1.06 bits per heavy atom. The predicted octanol–water partition coefficient (Wildman–Crippen LogP) is 2.96. The molecule has 3 amide bonds. The molecule has 9 heteroatoms. The van der Waals surface area contributed by atoms with Crippen LogP contribution in [0.3, 0.4) is 0 Å². The van der Waals surface area contributed by atoms with Gasteiger partial charge in [0, 0.05) is 18.3 Å². The molecule has 2 saturated carbocycles. The lowest BCUT2D eigenvalue weighted by Crippen LogP contribution is -2.47. The van der Waals surface area contributed by atoms with Crippen LogP contribution in [0.25, 0.3) is 0 Å². The van der Waals surface area contributed by atoms with Gasteiger partial charge in [-0.05, 0) is 46.5 Å². The molecule has 1 aromatic heterocycles. The Hall–Kier alpha value is -2.58. The third-order valence-electron chi connectivity index (χ3n) is 5.45. The Bertz CT molecular complexity index is 781. The molecule has 0 saturated heterocycles. The van der Waals surface area contributed by atoms with E-state index < -0.39 is 11.7 Å². The molecule has 0 unspecified atom stereocenters. The summed E-state index contributed by atoms with van der Waals surface area (Å²) in [6.45, 7) is 5.57. The number of nitrogens with zero attached hydrogens (tertiary/aromatic N) is 2. The fourth-order valence-electron chi connectivity index (χ4n) is 3.83. The molecule has 0 aliphatic heterocycles. The van der Waals surface area contributed by atoms with Crippen molar-refractivity contribution in [3.8, 4) is 0 Å². The number of alkyl carbamates (subject to hydrolysis) is 1. The quantitative estimate of drug-likeness (QED) is 0.638. The average molecular weight is 434 g/mol. The summed E-state index contributed by atoms with van der Waals surface area (Å²) in [6, 6.07) is 0.0190. The van der Waals surface area contributed by atoms with Crippen molar-refractivity contribution in [1.29, 1.82) is 0 Å². The summed E-state index contributed by atoms with van der Waals surface area (Å²) in [5.74, 6) is -0.579. The van der Waals surface area contributed by atoms with Crippen LogP contribution >= 0.6 is 0 Å². The van der Waals surface area contributed by atoms with E-state index >= 15 is 0 Å². The van der Waals surface area contributed by atoms with Gasteiger partial charge < -0.3 is 20.7 Å². The van der Waals surface area contributed by atoms with Crippen LogP contribution in [0.1, 0.15) is 72.1 Å². The van der Waals surface area contributed by atoms with Crippen LogP contribution in [0.2, 0.25) is 0 Å². The van der Waals surface area contributed by atoms with Crippen LogP contribution in [0.5, 0.6) is 0 Å². The van der Waals surface area contributed by atoms with Crippen molar-refractivity contribution in [3.63, 3.8) is 0 Å². The zero-order valence-electron chi connectivity index (χ0n) is 18.8. The number of ether oxygens (including phenoxy) is 1. The van der Waals surface area contributed by atoms with Gasteiger partial charge in [0.2, 0.25) is 11.8 Å². The zero-order valence-corrected chi connectivity index (χ0v) is 18.8. The van der Waals surface area contributed by atoms with Gasteiger partial charge in [0.15, 0.2) is 0 Å². The zero-order chi connectivity index (χ0) is 22.4. The highest BCUT2D eigenvalue weighted by Crippen LogP contribution is 2.25. The van der Waals surface area contributed by atoms with E-state index in [0.29, 0.717) is 18.2 Å². The van der Waals surface area contributed by atoms with Crippen LogP contribution in [0.15, 0.2) is 12.4 Å². The lowest BCUT2D eigenvalue weighted by Gasteiger charge is -2.30. The van der Waals surface area contributed by atoms with Gasteiger partial charge in [-0.25, -0.2) is 4.79 Å². The number of aromatic nitrogens is 2. The minimum absolute atomic E-state index is 0.0786. The van der Waals surface area contributed by atoms with Gasteiger partial charge in [-0.1, -0.05) is 25.7 Å². The number of nitrogens with one attached hydrogen (secondary N) is 3. The number of carbonyl (C=O) groups excluding carboxylic acids is 3. The van der Waals surface area contributed by atoms with Crippen molar-refractivity contribution < 1.29 is 19.1 Å². The van der Waals surface area contributed by atoms with Gasteiger partial charge in [-0.2, -0.15) is 5.10 Å². The Kier molecular flexibility index (Phi) is 7.56. The first-order valence-electron chi connectivity index (χ1n) is 11.3. The molecule has 31 heavy (non-hydrogen) atoms. The van der Waals surface area contributed by atoms with Crippen molar-refractivity contribution in [2.75, 3.05) is 5.32 Å². The highest BCUT2D eigenvalue weighted by atomic mass is 16.6. The minimum atomic E-state index is -0.593. The first-order chi connectivity index (χ1) is 14.7. The van der Waals surface area contributed by atoms with E-state index in [1.807, 2.05) is 20.8 Å². The molecule has 1 aromatic rings. The van der Waals surface area contributed by atoms with Crippen molar-refractivity contribution in [1.82, 2.24) is 20.4 Å². The summed E-state index contributed by atoms with van der Waals surface area (Å²) in [5, 5.41) is 12.9. The van der Waals surface area contributed by atoms with Crippen LogP contribution in [-0.2, 0) is 20.9 Å². The number of carbonyl (C=O) groups is 3. The maximum Gasteiger partial charge on any atom is 0.407 e. The van der Waals surface area contributed by atoms with E-state index in [0.717, 1.165) is 44.9 Å². The summed E-state index contributed by atoms with van der Waals surface area (Å²) < 4.78 is 6.91. The molecule has 2 aliphatic carbocycles. The Morgan fingerprint density at radius 2 is 1.77 bits per heavy atom. The molecular formula is C22H35N5O4. The van der Waals surface area contributed by atoms with Gasteiger partial charge in [0.05, 0.1) is 17.8 Å². The first-order valence-corrected chi connectivity index (χ1v) is 11.3. The Morgan fingerprint density at radius 3 is 2.45 bits per heavy atom. The lowest BCUT2D eigenvalue weighted by molar-refractivity contribution is -0.122. The molecule has 0 radical (unpaired) electrons. The standard InChI is InChI=1S/C22H35N5O4/c1-22(2,3)31-21(30)26-18-9-7-5-4-6-8-17(18)20(29)25-16-12-23-27(13-16)14-19(28)24-15-10-11-15/h12-13,15,17-18H,4-11,14H2,1-3H3,(H,24,28)(H,25,29)(H,26,30)/t17-,18-/m1/s1. The molecule has 0 aromatic carbocycles. The van der Waals surface area contributed by atoms with E-state index in [1.54, 1.807) is 12.4 Å². The largest absolute Gasteiger partial charge is 0.444 e. The lowest BCUT2D eigenvalue weighted by atomic mass is 9.86. The number of hydrogen-bond acceptors (Lipinski definition) is 5. The van der Waals surface area contributed by atoms with Crippen LogP contribution in [-0.4, -0.2) is 45.4 Å². The molecular weight excluding hydrogens is 398 g/mol. The van der Waals surface area contributed by atoms with Crippen molar-refractivity contribution in [2.24, 2.45) is 5.92 Å². The van der Waals surface area contributed by atoms with Crippen molar-refractivity contribution in [2.45, 2.75) is 96.4 Å². The Labute approximate surface area is 183 Å². The fourth-order valence-corrected chi connectivity index (χ4v) is 3.83. The van der Waals surface area contributed by atoms with Gasteiger partial charge in [0.1, 0.15) is 12.1 Å². The summed E-state index contributed by atoms with van der Waals surface area (Å²) in [6.07, 6.45) is 10.3. The molecule has 2 aliphatic rings. The third-order valence-corrected chi connectivity index (χ3v) is 5.45. The summed E-state index contributed by atoms with van der Waals surface area (Å²) >= 11 is 0. The van der Waals surface area contributed by atoms with E-state index in [1.165, 1.54) is 4.68 Å². The first kappa shape index (κ1) is 23.1. The normalized spacial score (nSPS) is 22.0. The van der Waals surface area contributed by atoms with Gasteiger partial charge in [-0.3, -0.25) is 14.3 Å². The molecule has 2 fully saturated rings. The van der Waals surface area contributed by atoms with Crippen LogP contribution in [0, 0.1) is 5.92 Å². The van der Waals surface area contributed by atoms with Gasteiger partial charge in [0.25, 0.3) is 0 Å². The summed E-state index contributed by atoms with van der Waals surface area (Å²) in [7, 11) is 0. The second-order valence-corrected chi connectivity index (χ2v) is 9.61. The van der Waals surface area contributed by atoms with Crippen LogP contribution in [0.4, 0.5) is 10.5 Å². The van der Waals surface area contributed by atoms with E-state index in [-0.39, 0.29) is 30.3 Å². The van der Waals surface area contributed by atoms with E-state index in [9.17, 15) is 14.4 Å². The highest BCUT2D eigenvalue weighted by Gasteiger charge is 2.32. The molecule has 9 nitrogen and oxygen atoms in total. The van der Waals surface area contributed by atoms with E-state index in [2.05, 4.69) is 21.0 Å². The molecule has 2 atom stereocenters. The Balaban J connectivity index is 1.59. The molecule has 172 valence electrons. The smallest absolute Gasteiger partial charge is 0.407 e. The topological polar surface area (TPSA) is 114 Å². The second-order valence-electron chi connectivity index (χ2n) is 9.61. The van der Waals surface area contributed by atoms with Crippen molar-refractivity contribution in [3.05, 3.63) is 12.4 Å². The van der Waals surface area contributed by atoms with Gasteiger partial charge >= 0.3 is 6.09 Å². The number of rotatable bonds is 6. The monoisotopic (exact) mass is 433 g/mol. The van der Waals surface area contributed by atoms with E-state index in [4.69, 9.17) is 4.74 Å². The second kappa shape index (κ2) is 10.2. The third kappa shape index (κ3) is 7.88.